The number of pyridine rings is 1. The Morgan fingerprint density at radius 2 is 2.11 bits per heavy atom. The van der Waals surface area contributed by atoms with Crippen molar-refractivity contribution in [2.45, 2.75) is 19.8 Å². The average Bonchev–Trinajstić information content (AvgIpc) is 2.39. The SMILES string of the molecule is CC1(C(N)=S)CCN(C(=O)c2c[nH]ccc2=O)CC1. The van der Waals surface area contributed by atoms with Gasteiger partial charge in [0.05, 0.1) is 4.99 Å². The Hall–Kier alpha value is -1.69. The van der Waals surface area contributed by atoms with E-state index in [1.54, 1.807) is 4.90 Å². The number of nitrogens with zero attached hydrogens (tertiary/aromatic N) is 1. The van der Waals surface area contributed by atoms with Crippen molar-refractivity contribution in [3.63, 3.8) is 0 Å². The van der Waals surface area contributed by atoms with Crippen LogP contribution in [0.5, 0.6) is 0 Å². The Balaban J connectivity index is 2.11. The summed E-state index contributed by atoms with van der Waals surface area (Å²) >= 11 is 5.07. The van der Waals surface area contributed by atoms with Gasteiger partial charge >= 0.3 is 0 Å². The Morgan fingerprint density at radius 1 is 1.47 bits per heavy atom. The Morgan fingerprint density at radius 3 is 2.63 bits per heavy atom. The first kappa shape index (κ1) is 13.7. The zero-order chi connectivity index (χ0) is 14.0. The number of aromatic amines is 1. The van der Waals surface area contributed by atoms with Gasteiger partial charge in [-0.15, -0.1) is 0 Å². The number of rotatable bonds is 2. The third kappa shape index (κ3) is 2.68. The van der Waals surface area contributed by atoms with Gasteiger partial charge in [0.1, 0.15) is 5.56 Å². The van der Waals surface area contributed by atoms with Crippen molar-refractivity contribution in [1.82, 2.24) is 9.88 Å². The number of hydrogen-bond donors (Lipinski definition) is 2. The number of hydrogen-bond acceptors (Lipinski definition) is 3. The van der Waals surface area contributed by atoms with Gasteiger partial charge in [0.15, 0.2) is 5.43 Å². The summed E-state index contributed by atoms with van der Waals surface area (Å²) in [7, 11) is 0. The third-order valence-electron chi connectivity index (χ3n) is 3.80. The number of aromatic nitrogens is 1. The van der Waals surface area contributed by atoms with Crippen LogP contribution in [0.2, 0.25) is 0 Å². The molecule has 19 heavy (non-hydrogen) atoms. The molecule has 0 aliphatic carbocycles. The number of carbonyl (C=O) groups excluding carboxylic acids is 1. The molecule has 0 atom stereocenters. The van der Waals surface area contributed by atoms with Crippen LogP contribution in [0, 0.1) is 5.41 Å². The Kier molecular flexibility index (Phi) is 3.71. The zero-order valence-corrected chi connectivity index (χ0v) is 11.6. The van der Waals surface area contributed by atoms with Crippen LogP contribution >= 0.6 is 12.2 Å². The molecule has 1 fully saturated rings. The molecule has 1 aliphatic heterocycles. The standard InChI is InChI=1S/C13H17N3O2S/c1-13(12(14)19)3-6-16(7-4-13)11(18)9-8-15-5-2-10(9)17/h2,5,8H,3-4,6-7H2,1H3,(H2,14,19)(H,15,17). The highest BCUT2D eigenvalue weighted by Crippen LogP contribution is 2.31. The number of carbonyl (C=O) groups is 1. The van der Waals surface area contributed by atoms with E-state index >= 15 is 0 Å². The lowest BCUT2D eigenvalue weighted by Crippen LogP contribution is -2.47. The van der Waals surface area contributed by atoms with Crippen LogP contribution in [0.25, 0.3) is 0 Å². The van der Waals surface area contributed by atoms with Crippen LogP contribution in [0.15, 0.2) is 23.3 Å². The molecular weight excluding hydrogens is 262 g/mol. The molecule has 0 aromatic carbocycles. The van der Waals surface area contributed by atoms with Crippen molar-refractivity contribution in [1.29, 1.82) is 0 Å². The van der Waals surface area contributed by atoms with Gasteiger partial charge in [-0.05, 0) is 12.8 Å². The van der Waals surface area contributed by atoms with Gasteiger partial charge in [-0.3, -0.25) is 9.59 Å². The fraction of sp³-hybridized carbons (Fsp3) is 0.462. The van der Waals surface area contributed by atoms with Crippen molar-refractivity contribution in [2.24, 2.45) is 11.1 Å². The summed E-state index contributed by atoms with van der Waals surface area (Å²) in [5, 5.41) is 0. The molecule has 0 bridgehead atoms. The second-order valence-electron chi connectivity index (χ2n) is 5.14. The Labute approximate surface area is 116 Å². The maximum Gasteiger partial charge on any atom is 0.259 e. The smallest absolute Gasteiger partial charge is 0.259 e. The highest BCUT2D eigenvalue weighted by atomic mass is 32.1. The molecule has 1 aromatic heterocycles. The van der Waals surface area contributed by atoms with Gasteiger partial charge in [0.25, 0.3) is 5.91 Å². The highest BCUT2D eigenvalue weighted by molar-refractivity contribution is 7.80. The quantitative estimate of drug-likeness (QED) is 0.788. The monoisotopic (exact) mass is 279 g/mol. The van der Waals surface area contributed by atoms with E-state index in [4.69, 9.17) is 18.0 Å². The minimum absolute atomic E-state index is 0.182. The second kappa shape index (κ2) is 5.13. The van der Waals surface area contributed by atoms with Crippen LogP contribution in [0.1, 0.15) is 30.1 Å². The number of nitrogens with two attached hydrogens (primary N) is 1. The van der Waals surface area contributed by atoms with Crippen LogP contribution in [-0.4, -0.2) is 33.9 Å². The summed E-state index contributed by atoms with van der Waals surface area (Å²) in [4.78, 5) is 28.8. The summed E-state index contributed by atoms with van der Waals surface area (Å²) in [6.07, 6.45) is 4.43. The first-order chi connectivity index (χ1) is 8.94. The normalized spacial score (nSPS) is 18.1. The molecule has 2 rings (SSSR count). The van der Waals surface area contributed by atoms with Crippen LogP contribution in [0.4, 0.5) is 0 Å². The van der Waals surface area contributed by atoms with E-state index in [9.17, 15) is 9.59 Å². The summed E-state index contributed by atoms with van der Waals surface area (Å²) < 4.78 is 0. The van der Waals surface area contributed by atoms with E-state index in [1.165, 1.54) is 18.5 Å². The Bertz CT molecular complexity index is 559. The van der Waals surface area contributed by atoms with Crippen molar-refractivity contribution < 1.29 is 4.79 Å². The van der Waals surface area contributed by atoms with Crippen molar-refractivity contribution in [3.05, 3.63) is 34.2 Å². The van der Waals surface area contributed by atoms with Gasteiger partial charge in [0.2, 0.25) is 0 Å². The number of nitrogens with one attached hydrogen (secondary N) is 1. The third-order valence-corrected chi connectivity index (χ3v) is 4.30. The second-order valence-corrected chi connectivity index (χ2v) is 5.58. The molecule has 0 radical (unpaired) electrons. The van der Waals surface area contributed by atoms with Gasteiger partial charge in [-0.2, -0.15) is 0 Å². The number of H-pyrrole nitrogens is 1. The van der Waals surface area contributed by atoms with Crippen LogP contribution in [0.3, 0.4) is 0 Å². The van der Waals surface area contributed by atoms with Crippen molar-refractivity contribution in [2.75, 3.05) is 13.1 Å². The largest absolute Gasteiger partial charge is 0.393 e. The lowest BCUT2D eigenvalue weighted by atomic mass is 9.80. The molecular formula is C13H17N3O2S. The number of likely N-dealkylation sites (tertiary alicyclic amines) is 1. The molecule has 1 aromatic rings. The molecule has 6 heteroatoms. The molecule has 2 heterocycles. The summed E-state index contributed by atoms with van der Waals surface area (Å²) in [6, 6.07) is 1.36. The summed E-state index contributed by atoms with van der Waals surface area (Å²) in [5.41, 5.74) is 5.47. The lowest BCUT2D eigenvalue weighted by Gasteiger charge is -2.38. The van der Waals surface area contributed by atoms with Crippen molar-refractivity contribution >= 4 is 23.1 Å². The van der Waals surface area contributed by atoms with Gasteiger partial charge in [0, 0.05) is 37.0 Å². The average molecular weight is 279 g/mol. The predicted molar refractivity (Wildman–Crippen MR) is 77.1 cm³/mol. The molecule has 1 saturated heterocycles. The van der Waals surface area contributed by atoms with Gasteiger partial charge in [-0.25, -0.2) is 0 Å². The molecule has 0 saturated carbocycles. The summed E-state index contributed by atoms with van der Waals surface area (Å²) in [6.45, 7) is 3.16. The predicted octanol–water partition coefficient (Wildman–Crippen LogP) is 0.903. The molecule has 5 nitrogen and oxygen atoms in total. The van der Waals surface area contributed by atoms with E-state index < -0.39 is 0 Å². The van der Waals surface area contributed by atoms with Crippen molar-refractivity contribution in [3.8, 4) is 0 Å². The van der Waals surface area contributed by atoms with Crippen LogP contribution in [-0.2, 0) is 0 Å². The number of piperidine rings is 1. The highest BCUT2D eigenvalue weighted by Gasteiger charge is 2.34. The van der Waals surface area contributed by atoms with Gasteiger partial charge in [-0.1, -0.05) is 19.1 Å². The fourth-order valence-electron chi connectivity index (χ4n) is 2.20. The minimum atomic E-state index is -0.258. The molecule has 1 aliphatic rings. The first-order valence-corrected chi connectivity index (χ1v) is 6.61. The molecule has 0 unspecified atom stereocenters. The van der Waals surface area contributed by atoms with E-state index in [1.807, 2.05) is 6.92 Å². The molecule has 1 amide bonds. The topological polar surface area (TPSA) is 79.2 Å². The summed E-state index contributed by atoms with van der Waals surface area (Å²) in [5.74, 6) is -0.230. The minimum Gasteiger partial charge on any atom is -0.393 e. The molecule has 102 valence electrons. The first-order valence-electron chi connectivity index (χ1n) is 6.20. The number of thiocarbonyl (C=S) groups is 1. The number of amides is 1. The van der Waals surface area contributed by atoms with E-state index in [0.29, 0.717) is 18.1 Å². The maximum absolute atomic E-state index is 12.2. The molecule has 0 spiro atoms. The molecule has 3 N–H and O–H groups in total. The van der Waals surface area contributed by atoms with Crippen LogP contribution < -0.4 is 11.2 Å². The fourth-order valence-corrected chi connectivity index (χ4v) is 2.41. The maximum atomic E-state index is 12.2. The van der Waals surface area contributed by atoms with E-state index in [-0.39, 0.29) is 22.3 Å². The van der Waals surface area contributed by atoms with E-state index in [0.717, 1.165) is 12.8 Å². The lowest BCUT2D eigenvalue weighted by molar-refractivity contribution is 0.0668. The van der Waals surface area contributed by atoms with Gasteiger partial charge < -0.3 is 15.6 Å². The zero-order valence-electron chi connectivity index (χ0n) is 10.8. The van der Waals surface area contributed by atoms with E-state index in [2.05, 4.69) is 4.98 Å².